The van der Waals surface area contributed by atoms with Crippen LogP contribution in [0.4, 0.5) is 5.69 Å². The highest BCUT2D eigenvalue weighted by Gasteiger charge is 2.16. The standard InChI is InChI=1S/C18H31N3/c1-4-20(5-2)13-8-14-21(6-3)18-10-7-9-16-15-19-12-11-17(16)18/h7,9-10,19H,4-6,8,11-15H2,1-3H3. The molecule has 0 unspecified atom stereocenters. The van der Waals surface area contributed by atoms with Crippen molar-refractivity contribution in [2.45, 2.75) is 40.2 Å². The Morgan fingerprint density at radius 1 is 1.05 bits per heavy atom. The third-order valence-electron chi connectivity index (χ3n) is 4.63. The summed E-state index contributed by atoms with van der Waals surface area (Å²) in [5, 5.41) is 3.47. The minimum Gasteiger partial charge on any atom is -0.372 e. The molecule has 1 N–H and O–H groups in total. The summed E-state index contributed by atoms with van der Waals surface area (Å²) in [5.74, 6) is 0. The molecular formula is C18H31N3. The van der Waals surface area contributed by atoms with Gasteiger partial charge in [-0.15, -0.1) is 0 Å². The molecule has 0 aromatic heterocycles. The zero-order valence-corrected chi connectivity index (χ0v) is 14.0. The van der Waals surface area contributed by atoms with Crippen molar-refractivity contribution in [2.75, 3.05) is 44.2 Å². The minimum atomic E-state index is 1.03. The Bertz CT molecular complexity index is 426. The molecular weight excluding hydrogens is 258 g/mol. The number of hydrogen-bond donors (Lipinski definition) is 1. The second-order valence-electron chi connectivity index (χ2n) is 5.80. The van der Waals surface area contributed by atoms with Crippen molar-refractivity contribution in [2.24, 2.45) is 0 Å². The van der Waals surface area contributed by atoms with E-state index in [-0.39, 0.29) is 0 Å². The van der Waals surface area contributed by atoms with Crippen molar-refractivity contribution in [3.8, 4) is 0 Å². The van der Waals surface area contributed by atoms with Crippen LogP contribution >= 0.6 is 0 Å². The number of hydrogen-bond acceptors (Lipinski definition) is 3. The molecule has 21 heavy (non-hydrogen) atoms. The zero-order valence-electron chi connectivity index (χ0n) is 14.0. The second kappa shape index (κ2) is 8.40. The lowest BCUT2D eigenvalue weighted by atomic mass is 9.98. The van der Waals surface area contributed by atoms with Crippen LogP contribution in [0.15, 0.2) is 18.2 Å². The first-order chi connectivity index (χ1) is 10.3. The van der Waals surface area contributed by atoms with Gasteiger partial charge in [0.2, 0.25) is 0 Å². The van der Waals surface area contributed by atoms with E-state index in [4.69, 9.17) is 0 Å². The topological polar surface area (TPSA) is 18.5 Å². The van der Waals surface area contributed by atoms with Gasteiger partial charge in [0.05, 0.1) is 0 Å². The van der Waals surface area contributed by atoms with Crippen LogP contribution in [0.3, 0.4) is 0 Å². The quantitative estimate of drug-likeness (QED) is 0.794. The van der Waals surface area contributed by atoms with Crippen LogP contribution in [-0.2, 0) is 13.0 Å². The van der Waals surface area contributed by atoms with Crippen LogP contribution in [0.5, 0.6) is 0 Å². The molecule has 0 saturated carbocycles. The van der Waals surface area contributed by atoms with E-state index in [1.54, 1.807) is 5.56 Å². The third kappa shape index (κ3) is 4.21. The van der Waals surface area contributed by atoms with Gasteiger partial charge in [0, 0.05) is 25.3 Å². The molecule has 0 fully saturated rings. The Kier molecular flexibility index (Phi) is 6.52. The molecule has 0 amide bonds. The maximum absolute atomic E-state index is 3.47. The van der Waals surface area contributed by atoms with E-state index in [9.17, 15) is 0 Å². The smallest absolute Gasteiger partial charge is 0.0402 e. The SMILES string of the molecule is CCN(CC)CCCN(CC)c1cccc2c1CCNC2. The highest BCUT2D eigenvalue weighted by Crippen LogP contribution is 2.26. The summed E-state index contributed by atoms with van der Waals surface area (Å²) >= 11 is 0. The molecule has 0 spiro atoms. The minimum absolute atomic E-state index is 1.03. The Morgan fingerprint density at radius 3 is 2.57 bits per heavy atom. The van der Waals surface area contributed by atoms with Gasteiger partial charge in [0.15, 0.2) is 0 Å². The molecule has 0 aliphatic carbocycles. The lowest BCUT2D eigenvalue weighted by Crippen LogP contribution is -2.32. The average molecular weight is 289 g/mol. The van der Waals surface area contributed by atoms with E-state index in [0.717, 1.165) is 45.7 Å². The van der Waals surface area contributed by atoms with Gasteiger partial charge in [-0.05, 0) is 63.1 Å². The third-order valence-corrected chi connectivity index (χ3v) is 4.63. The molecule has 1 aliphatic heterocycles. The van der Waals surface area contributed by atoms with Crippen molar-refractivity contribution < 1.29 is 0 Å². The predicted octanol–water partition coefficient (Wildman–Crippen LogP) is 2.89. The molecule has 3 nitrogen and oxygen atoms in total. The van der Waals surface area contributed by atoms with E-state index in [2.05, 4.69) is 54.1 Å². The Balaban J connectivity index is 2.01. The summed E-state index contributed by atoms with van der Waals surface area (Å²) in [6, 6.07) is 6.80. The maximum atomic E-state index is 3.47. The molecule has 1 aromatic carbocycles. The van der Waals surface area contributed by atoms with E-state index in [1.807, 2.05) is 0 Å². The van der Waals surface area contributed by atoms with Crippen LogP contribution in [0, 0.1) is 0 Å². The molecule has 0 bridgehead atoms. The van der Waals surface area contributed by atoms with Gasteiger partial charge in [0.1, 0.15) is 0 Å². The first kappa shape index (κ1) is 16.3. The highest BCUT2D eigenvalue weighted by molar-refractivity contribution is 5.57. The molecule has 0 radical (unpaired) electrons. The highest BCUT2D eigenvalue weighted by atomic mass is 15.1. The number of nitrogens with one attached hydrogen (secondary N) is 1. The van der Waals surface area contributed by atoms with Gasteiger partial charge >= 0.3 is 0 Å². The number of rotatable bonds is 8. The van der Waals surface area contributed by atoms with E-state index < -0.39 is 0 Å². The van der Waals surface area contributed by atoms with Crippen molar-refractivity contribution in [1.82, 2.24) is 10.2 Å². The van der Waals surface area contributed by atoms with Crippen molar-refractivity contribution in [3.05, 3.63) is 29.3 Å². The normalized spacial score (nSPS) is 14.3. The lowest BCUT2D eigenvalue weighted by molar-refractivity contribution is 0.300. The predicted molar refractivity (Wildman–Crippen MR) is 92.1 cm³/mol. The fourth-order valence-corrected chi connectivity index (χ4v) is 3.28. The van der Waals surface area contributed by atoms with E-state index in [0.29, 0.717) is 0 Å². The number of anilines is 1. The molecule has 2 rings (SSSR count). The largest absolute Gasteiger partial charge is 0.372 e. The van der Waals surface area contributed by atoms with Crippen molar-refractivity contribution in [3.63, 3.8) is 0 Å². The Labute approximate surface area is 130 Å². The Morgan fingerprint density at radius 2 is 1.86 bits per heavy atom. The molecule has 3 heteroatoms. The van der Waals surface area contributed by atoms with Crippen LogP contribution in [-0.4, -0.2) is 44.2 Å². The maximum Gasteiger partial charge on any atom is 0.0402 e. The fraction of sp³-hybridized carbons (Fsp3) is 0.667. The number of nitrogens with zero attached hydrogens (tertiary/aromatic N) is 2. The number of benzene rings is 1. The molecule has 0 saturated heterocycles. The fourth-order valence-electron chi connectivity index (χ4n) is 3.28. The van der Waals surface area contributed by atoms with Gasteiger partial charge in [0.25, 0.3) is 0 Å². The molecule has 1 aliphatic rings. The van der Waals surface area contributed by atoms with Crippen molar-refractivity contribution in [1.29, 1.82) is 0 Å². The summed E-state index contributed by atoms with van der Waals surface area (Å²) in [5.41, 5.74) is 4.53. The van der Waals surface area contributed by atoms with E-state index >= 15 is 0 Å². The molecule has 1 aromatic rings. The van der Waals surface area contributed by atoms with Gasteiger partial charge in [-0.2, -0.15) is 0 Å². The summed E-state index contributed by atoms with van der Waals surface area (Å²) in [6.45, 7) is 14.7. The molecule has 118 valence electrons. The molecule has 1 heterocycles. The summed E-state index contributed by atoms with van der Waals surface area (Å²) in [6.07, 6.45) is 2.41. The first-order valence-corrected chi connectivity index (χ1v) is 8.58. The number of fused-ring (bicyclic) bond motifs is 1. The second-order valence-corrected chi connectivity index (χ2v) is 5.80. The van der Waals surface area contributed by atoms with Gasteiger partial charge in [-0.3, -0.25) is 0 Å². The van der Waals surface area contributed by atoms with Crippen molar-refractivity contribution >= 4 is 5.69 Å². The van der Waals surface area contributed by atoms with Gasteiger partial charge in [-0.1, -0.05) is 26.0 Å². The van der Waals surface area contributed by atoms with Crippen LogP contribution in [0.1, 0.15) is 38.3 Å². The lowest BCUT2D eigenvalue weighted by Gasteiger charge is -2.30. The summed E-state index contributed by atoms with van der Waals surface area (Å²) < 4.78 is 0. The van der Waals surface area contributed by atoms with Crippen LogP contribution in [0.25, 0.3) is 0 Å². The van der Waals surface area contributed by atoms with Gasteiger partial charge < -0.3 is 15.1 Å². The zero-order chi connectivity index (χ0) is 15.1. The summed E-state index contributed by atoms with van der Waals surface area (Å²) in [4.78, 5) is 5.08. The van der Waals surface area contributed by atoms with Crippen LogP contribution < -0.4 is 10.2 Å². The van der Waals surface area contributed by atoms with Gasteiger partial charge in [-0.25, -0.2) is 0 Å². The van der Waals surface area contributed by atoms with E-state index in [1.165, 1.54) is 24.2 Å². The Hall–Kier alpha value is -1.06. The monoisotopic (exact) mass is 289 g/mol. The summed E-state index contributed by atoms with van der Waals surface area (Å²) in [7, 11) is 0. The van der Waals surface area contributed by atoms with Crippen LogP contribution in [0.2, 0.25) is 0 Å². The molecule has 0 atom stereocenters. The first-order valence-electron chi connectivity index (χ1n) is 8.58. The average Bonchev–Trinajstić information content (AvgIpc) is 2.55.